The Morgan fingerprint density at radius 1 is 1.03 bits per heavy atom. The van der Waals surface area contributed by atoms with Gasteiger partial charge < -0.3 is 14.2 Å². The maximum atomic E-state index is 13.3. The minimum atomic E-state index is -4.16. The molecule has 188 valence electrons. The van der Waals surface area contributed by atoms with Gasteiger partial charge in [0.05, 0.1) is 54.2 Å². The van der Waals surface area contributed by atoms with Crippen molar-refractivity contribution in [2.24, 2.45) is 0 Å². The molecule has 1 N–H and O–H groups in total. The summed E-state index contributed by atoms with van der Waals surface area (Å²) < 4.78 is 46.2. The molecule has 0 amide bonds. The number of methoxy groups -OCH3 is 3. The van der Waals surface area contributed by atoms with Crippen LogP contribution in [-0.2, 0) is 21.3 Å². The van der Waals surface area contributed by atoms with E-state index >= 15 is 0 Å². The highest BCUT2D eigenvalue weighted by Gasteiger charge is 2.23. The van der Waals surface area contributed by atoms with E-state index in [1.807, 2.05) is 12.1 Å². The number of thiazole rings is 1. The summed E-state index contributed by atoms with van der Waals surface area (Å²) in [5.74, 6) is -0.320. The van der Waals surface area contributed by atoms with Crippen molar-refractivity contribution in [1.29, 1.82) is 0 Å². The summed E-state index contributed by atoms with van der Waals surface area (Å²) in [5.41, 5.74) is 1.23. The first kappa shape index (κ1) is 25.5. The Kier molecular flexibility index (Phi) is 7.25. The fraction of sp³-hybridized carbons (Fsp3) is 0.167. The molecule has 36 heavy (non-hydrogen) atoms. The lowest BCUT2D eigenvalue weighted by atomic mass is 10.1. The molecule has 0 bridgehead atoms. The molecule has 0 saturated heterocycles. The number of esters is 1. The summed E-state index contributed by atoms with van der Waals surface area (Å²) in [6.07, 6.45) is 0. The zero-order valence-electron chi connectivity index (χ0n) is 19.4. The molecule has 9 nitrogen and oxygen atoms in total. The van der Waals surface area contributed by atoms with Gasteiger partial charge in [-0.15, -0.1) is 0 Å². The average Bonchev–Trinajstić information content (AvgIpc) is 3.18. The quantitative estimate of drug-likeness (QED) is 0.325. The number of benzene rings is 3. The highest BCUT2D eigenvalue weighted by atomic mass is 35.5. The molecule has 4 rings (SSSR count). The van der Waals surface area contributed by atoms with Gasteiger partial charge in [-0.1, -0.05) is 41.1 Å². The van der Waals surface area contributed by atoms with E-state index in [0.717, 1.165) is 16.9 Å². The minimum Gasteiger partial charge on any atom is -0.493 e. The molecule has 0 fully saturated rings. The van der Waals surface area contributed by atoms with E-state index in [4.69, 9.17) is 25.8 Å². The van der Waals surface area contributed by atoms with Crippen LogP contribution in [0.4, 0.5) is 5.69 Å². The molecular weight excluding hydrogens is 528 g/mol. The minimum absolute atomic E-state index is 0.0518. The Hall–Kier alpha value is -3.54. The number of rotatable bonds is 8. The van der Waals surface area contributed by atoms with Crippen molar-refractivity contribution in [3.8, 4) is 11.5 Å². The lowest BCUT2D eigenvalue weighted by Crippen LogP contribution is -2.16. The number of nitrogens with one attached hydrogen (secondary N) is 1. The molecule has 0 unspecified atom stereocenters. The van der Waals surface area contributed by atoms with Crippen LogP contribution in [0.1, 0.15) is 15.9 Å². The first-order valence-corrected chi connectivity index (χ1v) is 13.1. The van der Waals surface area contributed by atoms with E-state index in [1.54, 1.807) is 18.2 Å². The zero-order valence-corrected chi connectivity index (χ0v) is 21.8. The number of hydrogen-bond acceptors (Lipinski definition) is 8. The molecule has 0 atom stereocenters. The van der Waals surface area contributed by atoms with E-state index in [1.165, 1.54) is 50.2 Å². The van der Waals surface area contributed by atoms with Gasteiger partial charge >= 0.3 is 10.8 Å². The number of aromatic nitrogens is 1. The molecule has 3 aromatic carbocycles. The van der Waals surface area contributed by atoms with Crippen molar-refractivity contribution in [2.75, 3.05) is 26.1 Å². The van der Waals surface area contributed by atoms with Gasteiger partial charge in [-0.05, 0) is 29.8 Å². The Bertz CT molecular complexity index is 1630. The lowest BCUT2D eigenvalue weighted by Gasteiger charge is -2.15. The summed E-state index contributed by atoms with van der Waals surface area (Å²) in [6.45, 7) is 0.247. The average molecular weight is 549 g/mol. The number of fused-ring (bicyclic) bond motifs is 1. The van der Waals surface area contributed by atoms with Crippen molar-refractivity contribution in [3.63, 3.8) is 0 Å². The van der Waals surface area contributed by atoms with E-state index in [0.29, 0.717) is 15.2 Å². The molecule has 0 aliphatic carbocycles. The highest BCUT2D eigenvalue weighted by molar-refractivity contribution is 7.92. The van der Waals surface area contributed by atoms with Gasteiger partial charge in [0.25, 0.3) is 10.0 Å². The molecule has 0 radical (unpaired) electrons. The largest absolute Gasteiger partial charge is 0.493 e. The van der Waals surface area contributed by atoms with Gasteiger partial charge in [-0.3, -0.25) is 14.1 Å². The monoisotopic (exact) mass is 548 g/mol. The molecule has 0 saturated carbocycles. The molecule has 0 spiro atoms. The second-order valence-electron chi connectivity index (χ2n) is 7.52. The standard InChI is InChI=1S/C24H21ClN2O7S2/c1-32-20-11-16(23(28)34-3)18(12-21(20)33-2)26-36(30,31)15-8-9-19-22(10-15)35-24(29)27(19)13-14-6-4-5-7-17(14)25/h4-12,26H,13H2,1-3H3. The Labute approximate surface area is 215 Å². The number of sulfonamides is 1. The van der Waals surface area contributed by atoms with Crippen molar-refractivity contribution < 1.29 is 27.4 Å². The number of anilines is 1. The molecule has 1 heterocycles. The number of carbonyl (C=O) groups is 1. The number of hydrogen-bond donors (Lipinski definition) is 1. The van der Waals surface area contributed by atoms with Crippen LogP contribution in [-0.4, -0.2) is 40.3 Å². The van der Waals surface area contributed by atoms with Crippen LogP contribution in [0.15, 0.2) is 64.3 Å². The predicted molar refractivity (Wildman–Crippen MR) is 138 cm³/mol. The van der Waals surface area contributed by atoms with Gasteiger partial charge in [0.2, 0.25) is 0 Å². The third-order valence-electron chi connectivity index (χ3n) is 5.41. The molecular formula is C24H21ClN2O7S2. The summed E-state index contributed by atoms with van der Waals surface area (Å²) in [4.78, 5) is 24.7. The molecule has 4 aromatic rings. The van der Waals surface area contributed by atoms with Crippen LogP contribution in [0.5, 0.6) is 11.5 Å². The first-order valence-electron chi connectivity index (χ1n) is 10.4. The van der Waals surface area contributed by atoms with Crippen molar-refractivity contribution in [3.05, 3.63) is 80.4 Å². The van der Waals surface area contributed by atoms with E-state index in [2.05, 4.69) is 4.72 Å². The maximum absolute atomic E-state index is 13.3. The summed E-state index contributed by atoms with van der Waals surface area (Å²) in [5, 5.41) is 0.531. The molecule has 12 heteroatoms. The van der Waals surface area contributed by atoms with Gasteiger partial charge in [-0.25, -0.2) is 13.2 Å². The number of halogens is 1. The summed E-state index contributed by atoms with van der Waals surface area (Å²) in [7, 11) is -0.206. The first-order chi connectivity index (χ1) is 17.2. The second kappa shape index (κ2) is 10.2. The van der Waals surface area contributed by atoms with Crippen LogP contribution in [0.3, 0.4) is 0 Å². The maximum Gasteiger partial charge on any atom is 0.340 e. The normalized spacial score (nSPS) is 11.3. The van der Waals surface area contributed by atoms with Crippen LogP contribution >= 0.6 is 22.9 Å². The third-order valence-corrected chi connectivity index (χ3v) is 8.08. The van der Waals surface area contributed by atoms with Crippen LogP contribution < -0.4 is 19.1 Å². The highest BCUT2D eigenvalue weighted by Crippen LogP contribution is 2.35. The van der Waals surface area contributed by atoms with Gasteiger partial charge in [-0.2, -0.15) is 0 Å². The SMILES string of the molecule is COC(=O)c1cc(OC)c(OC)cc1NS(=O)(=O)c1ccc2c(c1)sc(=O)n2Cc1ccccc1Cl. The van der Waals surface area contributed by atoms with Crippen molar-refractivity contribution in [1.82, 2.24) is 4.57 Å². The number of nitrogens with zero attached hydrogens (tertiary/aromatic N) is 1. The number of ether oxygens (including phenoxy) is 3. The van der Waals surface area contributed by atoms with Gasteiger partial charge in [0, 0.05) is 17.2 Å². The fourth-order valence-electron chi connectivity index (χ4n) is 3.61. The molecule has 0 aliphatic heterocycles. The van der Waals surface area contributed by atoms with E-state index in [-0.39, 0.29) is 39.1 Å². The van der Waals surface area contributed by atoms with Crippen LogP contribution in [0, 0.1) is 0 Å². The third kappa shape index (κ3) is 4.90. The Morgan fingerprint density at radius 3 is 2.39 bits per heavy atom. The van der Waals surface area contributed by atoms with Gasteiger partial charge in [0.1, 0.15) is 0 Å². The van der Waals surface area contributed by atoms with Crippen molar-refractivity contribution >= 4 is 54.8 Å². The fourth-order valence-corrected chi connectivity index (χ4v) is 5.90. The van der Waals surface area contributed by atoms with Crippen LogP contribution in [0.25, 0.3) is 10.2 Å². The van der Waals surface area contributed by atoms with Crippen molar-refractivity contribution in [2.45, 2.75) is 11.4 Å². The predicted octanol–water partition coefficient (Wildman–Crippen LogP) is 4.37. The molecule has 1 aromatic heterocycles. The Morgan fingerprint density at radius 2 is 1.72 bits per heavy atom. The van der Waals surface area contributed by atoms with E-state index < -0.39 is 16.0 Å². The topological polar surface area (TPSA) is 113 Å². The summed E-state index contributed by atoms with van der Waals surface area (Å²) >= 11 is 7.17. The zero-order chi connectivity index (χ0) is 26.0. The Balaban J connectivity index is 1.73. The van der Waals surface area contributed by atoms with Crippen LogP contribution in [0.2, 0.25) is 5.02 Å². The number of carbonyl (C=O) groups excluding carboxylic acids is 1. The molecule has 0 aliphatic rings. The second-order valence-corrected chi connectivity index (χ2v) is 10.6. The van der Waals surface area contributed by atoms with Gasteiger partial charge in [0.15, 0.2) is 11.5 Å². The lowest BCUT2D eigenvalue weighted by molar-refractivity contribution is 0.0601. The smallest absolute Gasteiger partial charge is 0.340 e. The summed E-state index contributed by atoms with van der Waals surface area (Å²) in [6, 6.07) is 14.2. The van der Waals surface area contributed by atoms with E-state index in [9.17, 15) is 18.0 Å².